The van der Waals surface area contributed by atoms with Crippen LogP contribution in [-0.2, 0) is 4.74 Å². The third-order valence-electron chi connectivity index (χ3n) is 5.60. The van der Waals surface area contributed by atoms with E-state index in [0.717, 1.165) is 64.7 Å². The Morgan fingerprint density at radius 3 is 2.67 bits per heavy atom. The van der Waals surface area contributed by atoms with Crippen LogP contribution in [0.3, 0.4) is 0 Å². The number of halogens is 2. The molecule has 5 nitrogen and oxygen atoms in total. The molecule has 0 aliphatic carbocycles. The first kappa shape index (κ1) is 17.9. The molecule has 2 fully saturated rings. The van der Waals surface area contributed by atoms with Gasteiger partial charge in [-0.15, -0.1) is 0 Å². The maximum Gasteiger partial charge on any atom is 0.176 e. The minimum Gasteiger partial charge on any atom is -0.451 e. The zero-order valence-electron chi connectivity index (χ0n) is 15.2. The van der Waals surface area contributed by atoms with E-state index >= 15 is 0 Å². The molecule has 0 radical (unpaired) electrons. The van der Waals surface area contributed by atoms with Crippen LogP contribution in [0.5, 0.6) is 11.5 Å². The largest absolute Gasteiger partial charge is 0.451 e. The van der Waals surface area contributed by atoms with Crippen LogP contribution in [0.15, 0.2) is 33.3 Å². The Bertz CT molecular complexity index is 893. The first-order valence-corrected chi connectivity index (χ1v) is 10.8. The first-order valence-electron chi connectivity index (χ1n) is 9.24. The van der Waals surface area contributed by atoms with Crippen molar-refractivity contribution in [1.82, 2.24) is 9.88 Å². The molecule has 1 aromatic carbocycles. The summed E-state index contributed by atoms with van der Waals surface area (Å²) in [6.07, 6.45) is 2.92. The van der Waals surface area contributed by atoms with Gasteiger partial charge in [0, 0.05) is 46.3 Å². The number of hydrogen-bond acceptors (Lipinski definition) is 5. The smallest absolute Gasteiger partial charge is 0.176 e. The number of rotatable bonds is 4. The zero-order chi connectivity index (χ0) is 18.6. The number of anilines is 2. The molecule has 7 heteroatoms. The summed E-state index contributed by atoms with van der Waals surface area (Å²) in [6.45, 7) is 8.38. The third kappa shape index (κ3) is 3.18. The number of nitrogens with zero attached hydrogens (tertiary/aromatic N) is 3. The van der Waals surface area contributed by atoms with Crippen LogP contribution in [-0.4, -0.2) is 49.3 Å². The van der Waals surface area contributed by atoms with Crippen molar-refractivity contribution in [3.05, 3.63) is 38.9 Å². The van der Waals surface area contributed by atoms with Crippen molar-refractivity contribution in [2.45, 2.75) is 13.3 Å². The predicted octanol–water partition coefficient (Wildman–Crippen LogP) is 4.88. The minimum atomic E-state index is 0.482. The Balaban J connectivity index is 1.35. The number of aromatic nitrogens is 1. The lowest BCUT2D eigenvalue weighted by Crippen LogP contribution is -2.65. The fourth-order valence-electron chi connectivity index (χ4n) is 4.18. The maximum atomic E-state index is 6.15. The van der Waals surface area contributed by atoms with E-state index in [1.54, 1.807) is 0 Å². The quantitative estimate of drug-likeness (QED) is 0.605. The number of likely N-dealkylation sites (tertiary alicyclic amines) is 1. The maximum absolute atomic E-state index is 6.15. The van der Waals surface area contributed by atoms with Gasteiger partial charge in [0.25, 0.3) is 0 Å². The van der Waals surface area contributed by atoms with Crippen molar-refractivity contribution in [3.63, 3.8) is 0 Å². The van der Waals surface area contributed by atoms with Crippen LogP contribution in [0.1, 0.15) is 12.0 Å². The summed E-state index contributed by atoms with van der Waals surface area (Å²) in [5.41, 5.74) is 2.76. The Kier molecular flexibility index (Phi) is 4.46. The van der Waals surface area contributed by atoms with Crippen molar-refractivity contribution in [1.29, 1.82) is 0 Å². The van der Waals surface area contributed by atoms with Gasteiger partial charge in [-0.25, -0.2) is 4.98 Å². The summed E-state index contributed by atoms with van der Waals surface area (Å²) in [6, 6.07) is 6.22. The van der Waals surface area contributed by atoms with Gasteiger partial charge in [0.2, 0.25) is 0 Å². The van der Waals surface area contributed by atoms with E-state index in [1.807, 2.05) is 12.3 Å². The lowest BCUT2D eigenvalue weighted by Gasteiger charge is -2.55. The molecule has 4 heterocycles. The van der Waals surface area contributed by atoms with Crippen LogP contribution in [0.2, 0.25) is 0 Å². The van der Waals surface area contributed by atoms with Crippen LogP contribution in [0, 0.1) is 12.3 Å². The third-order valence-corrected chi connectivity index (χ3v) is 6.88. The van der Waals surface area contributed by atoms with E-state index in [9.17, 15) is 0 Å². The Hall–Kier alpha value is -1.15. The fraction of sp³-hybridized carbons (Fsp3) is 0.450. The van der Waals surface area contributed by atoms with Crippen LogP contribution < -0.4 is 9.64 Å². The second-order valence-corrected chi connectivity index (χ2v) is 9.63. The summed E-state index contributed by atoms with van der Waals surface area (Å²) >= 11 is 7.12. The molecule has 0 bridgehead atoms. The number of benzene rings is 1. The van der Waals surface area contributed by atoms with Gasteiger partial charge >= 0.3 is 0 Å². The van der Waals surface area contributed by atoms with Gasteiger partial charge < -0.3 is 19.3 Å². The van der Waals surface area contributed by atoms with Gasteiger partial charge in [0.15, 0.2) is 17.3 Å². The molecule has 2 aromatic rings. The molecule has 1 spiro atoms. The number of fused-ring (bicyclic) bond motifs is 2. The van der Waals surface area contributed by atoms with E-state index in [4.69, 9.17) is 9.47 Å². The van der Waals surface area contributed by atoms with E-state index in [1.165, 1.54) is 18.7 Å². The molecule has 5 rings (SSSR count). The van der Waals surface area contributed by atoms with E-state index in [-0.39, 0.29) is 0 Å². The Labute approximate surface area is 175 Å². The molecule has 27 heavy (non-hydrogen) atoms. The van der Waals surface area contributed by atoms with Crippen molar-refractivity contribution in [2.75, 3.05) is 44.3 Å². The second kappa shape index (κ2) is 6.72. The molecule has 0 unspecified atom stereocenters. The first-order chi connectivity index (χ1) is 13.0. The molecule has 1 aromatic heterocycles. The average molecular weight is 495 g/mol. The predicted molar refractivity (Wildman–Crippen MR) is 112 cm³/mol. The highest BCUT2D eigenvalue weighted by molar-refractivity contribution is 9.10. The lowest BCUT2D eigenvalue weighted by atomic mass is 9.78. The number of aryl methyl sites for hydroxylation is 1. The van der Waals surface area contributed by atoms with Gasteiger partial charge in [-0.2, -0.15) is 0 Å². The molecular weight excluding hydrogens is 474 g/mol. The van der Waals surface area contributed by atoms with Gasteiger partial charge in [0.1, 0.15) is 0 Å². The van der Waals surface area contributed by atoms with Crippen molar-refractivity contribution in [3.8, 4) is 11.5 Å². The van der Waals surface area contributed by atoms with Crippen LogP contribution >= 0.6 is 31.9 Å². The normalized spacial score (nSPS) is 19.7. The molecule has 3 aliphatic heterocycles. The van der Waals surface area contributed by atoms with Gasteiger partial charge in [-0.1, -0.05) is 15.9 Å². The standard InChI is InChI=1S/C20H21Br2N3O2/c1-13-5-16-17(7-15(13)22)27-18-6-14(21)8-23-19(18)25(16)4-2-3-24-9-20(10-24)11-26-12-20/h5-8H,2-4,9-12H2,1H3. The summed E-state index contributed by atoms with van der Waals surface area (Å²) in [7, 11) is 0. The second-order valence-electron chi connectivity index (χ2n) is 7.86. The monoisotopic (exact) mass is 493 g/mol. The molecule has 0 N–H and O–H groups in total. The van der Waals surface area contributed by atoms with Gasteiger partial charge in [-0.3, -0.25) is 0 Å². The highest BCUT2D eigenvalue weighted by Gasteiger charge is 2.48. The minimum absolute atomic E-state index is 0.482. The topological polar surface area (TPSA) is 37.8 Å². The average Bonchev–Trinajstić information content (AvgIpc) is 2.56. The molecule has 3 aliphatic rings. The van der Waals surface area contributed by atoms with Crippen molar-refractivity contribution < 1.29 is 9.47 Å². The summed E-state index contributed by atoms with van der Waals surface area (Å²) in [4.78, 5) is 9.47. The highest BCUT2D eigenvalue weighted by atomic mass is 79.9. The molecule has 0 atom stereocenters. The zero-order valence-corrected chi connectivity index (χ0v) is 18.3. The van der Waals surface area contributed by atoms with E-state index < -0.39 is 0 Å². The van der Waals surface area contributed by atoms with E-state index in [2.05, 4.69) is 65.7 Å². The molecular formula is C20H21Br2N3O2. The number of ether oxygens (including phenoxy) is 2. The Morgan fingerprint density at radius 2 is 1.93 bits per heavy atom. The van der Waals surface area contributed by atoms with Crippen LogP contribution in [0.25, 0.3) is 0 Å². The lowest BCUT2D eigenvalue weighted by molar-refractivity contribution is -0.188. The SMILES string of the molecule is Cc1cc2c(cc1Br)Oc1cc(Br)cnc1N2CCCN1CC2(COC2)C1. The van der Waals surface area contributed by atoms with Crippen molar-refractivity contribution >= 4 is 43.4 Å². The van der Waals surface area contributed by atoms with Crippen molar-refractivity contribution in [2.24, 2.45) is 5.41 Å². The molecule has 2 saturated heterocycles. The van der Waals surface area contributed by atoms with Gasteiger partial charge in [0.05, 0.1) is 18.9 Å². The Morgan fingerprint density at radius 1 is 1.11 bits per heavy atom. The summed E-state index contributed by atoms with van der Waals surface area (Å²) < 4.78 is 13.5. The molecule has 0 saturated carbocycles. The fourth-order valence-corrected chi connectivity index (χ4v) is 4.81. The number of pyridine rings is 1. The summed E-state index contributed by atoms with van der Waals surface area (Å²) in [5, 5.41) is 0. The molecule has 142 valence electrons. The molecule has 0 amide bonds. The van der Waals surface area contributed by atoms with E-state index in [0.29, 0.717) is 5.41 Å². The summed E-state index contributed by atoms with van der Waals surface area (Å²) in [5.74, 6) is 2.55. The van der Waals surface area contributed by atoms with Gasteiger partial charge in [-0.05, 0) is 53.5 Å². The van der Waals surface area contributed by atoms with Crippen LogP contribution in [0.4, 0.5) is 11.5 Å². The highest BCUT2D eigenvalue weighted by Crippen LogP contribution is 2.48. The number of hydrogen-bond donors (Lipinski definition) is 0.